The third-order valence-corrected chi connectivity index (χ3v) is 5.24. The Kier molecular flexibility index (Phi) is 4.46. The van der Waals surface area contributed by atoms with Crippen LogP contribution in [0.5, 0.6) is 0 Å². The van der Waals surface area contributed by atoms with E-state index >= 15 is 0 Å². The van der Waals surface area contributed by atoms with E-state index in [1.807, 2.05) is 24.6 Å². The van der Waals surface area contributed by atoms with Gasteiger partial charge in [-0.2, -0.15) is 16.4 Å². The van der Waals surface area contributed by atoms with Crippen molar-refractivity contribution in [3.05, 3.63) is 28.1 Å². The van der Waals surface area contributed by atoms with Crippen molar-refractivity contribution in [1.29, 1.82) is 0 Å². The second kappa shape index (κ2) is 5.94. The molecule has 2 heterocycles. The summed E-state index contributed by atoms with van der Waals surface area (Å²) >= 11 is 1.55. The summed E-state index contributed by atoms with van der Waals surface area (Å²) in [4.78, 5) is 0.0406. The topological polar surface area (TPSA) is 90.0 Å². The van der Waals surface area contributed by atoms with Crippen LogP contribution >= 0.6 is 11.3 Å². The van der Waals surface area contributed by atoms with E-state index in [9.17, 15) is 8.42 Å². The number of thiophene rings is 1. The van der Waals surface area contributed by atoms with Crippen LogP contribution in [0.25, 0.3) is 0 Å². The maximum absolute atomic E-state index is 12.2. The van der Waals surface area contributed by atoms with Crippen LogP contribution in [0.15, 0.2) is 21.9 Å². The van der Waals surface area contributed by atoms with Crippen LogP contribution in [0.3, 0.4) is 0 Å². The van der Waals surface area contributed by atoms with Crippen LogP contribution in [0.2, 0.25) is 0 Å². The van der Waals surface area contributed by atoms with Gasteiger partial charge in [0.25, 0.3) is 0 Å². The molecule has 0 radical (unpaired) electrons. The Morgan fingerprint density at radius 2 is 2.20 bits per heavy atom. The quantitative estimate of drug-likeness (QED) is 0.849. The van der Waals surface area contributed by atoms with Crippen molar-refractivity contribution in [3.63, 3.8) is 0 Å². The molecule has 110 valence electrons. The Hall–Kier alpha value is -1.38. The second-order valence-electron chi connectivity index (χ2n) is 4.55. The number of aromatic nitrogens is 2. The smallest absolute Gasteiger partial charge is 0.246 e. The molecule has 0 saturated heterocycles. The van der Waals surface area contributed by atoms with E-state index < -0.39 is 10.0 Å². The molecule has 0 atom stereocenters. The number of anilines is 1. The maximum Gasteiger partial charge on any atom is 0.246 e. The molecule has 2 rings (SSSR count). The number of aryl methyl sites for hydroxylation is 2. The molecule has 20 heavy (non-hydrogen) atoms. The SMILES string of the molecule is CCCn1cc(S(=O)(=O)NCc2cscc2C)c(N)n1. The van der Waals surface area contributed by atoms with Crippen molar-refractivity contribution >= 4 is 27.2 Å². The van der Waals surface area contributed by atoms with Crippen molar-refractivity contribution in [2.24, 2.45) is 0 Å². The average molecular weight is 314 g/mol. The summed E-state index contributed by atoms with van der Waals surface area (Å²) in [5, 5.41) is 7.92. The normalized spacial score (nSPS) is 11.9. The number of hydrogen-bond donors (Lipinski definition) is 2. The molecule has 8 heteroatoms. The number of nitrogens with zero attached hydrogens (tertiary/aromatic N) is 2. The lowest BCUT2D eigenvalue weighted by molar-refractivity contribution is 0.579. The van der Waals surface area contributed by atoms with Crippen LogP contribution in [-0.4, -0.2) is 18.2 Å². The van der Waals surface area contributed by atoms with Gasteiger partial charge in [0.2, 0.25) is 10.0 Å². The van der Waals surface area contributed by atoms with Crippen LogP contribution in [0.4, 0.5) is 5.82 Å². The largest absolute Gasteiger partial charge is 0.381 e. The number of rotatable bonds is 6. The first-order chi connectivity index (χ1) is 9.44. The highest BCUT2D eigenvalue weighted by molar-refractivity contribution is 7.89. The minimum Gasteiger partial charge on any atom is -0.381 e. The highest BCUT2D eigenvalue weighted by Crippen LogP contribution is 2.18. The summed E-state index contributed by atoms with van der Waals surface area (Å²) < 4.78 is 28.6. The summed E-state index contributed by atoms with van der Waals surface area (Å²) in [5.41, 5.74) is 7.73. The van der Waals surface area contributed by atoms with Crippen LogP contribution in [0, 0.1) is 6.92 Å². The van der Waals surface area contributed by atoms with E-state index in [0.29, 0.717) is 6.54 Å². The summed E-state index contributed by atoms with van der Waals surface area (Å²) in [7, 11) is -3.63. The summed E-state index contributed by atoms with van der Waals surface area (Å²) in [6.45, 7) is 4.84. The van der Waals surface area contributed by atoms with Crippen molar-refractivity contribution in [2.75, 3.05) is 5.73 Å². The summed E-state index contributed by atoms with van der Waals surface area (Å²) in [6, 6.07) is 0. The molecule has 0 aliphatic carbocycles. The summed E-state index contributed by atoms with van der Waals surface area (Å²) in [6.07, 6.45) is 2.34. The molecule has 0 aliphatic heterocycles. The Balaban J connectivity index is 2.16. The second-order valence-corrected chi connectivity index (χ2v) is 7.03. The van der Waals surface area contributed by atoms with E-state index in [1.54, 1.807) is 16.0 Å². The number of nitrogen functional groups attached to an aromatic ring is 1. The fourth-order valence-electron chi connectivity index (χ4n) is 1.79. The Bertz CT molecular complexity index is 688. The molecule has 6 nitrogen and oxygen atoms in total. The first-order valence-corrected chi connectivity index (χ1v) is 8.71. The predicted octanol–water partition coefficient (Wildman–Crippen LogP) is 1.72. The van der Waals surface area contributed by atoms with Gasteiger partial charge in [0, 0.05) is 19.3 Å². The van der Waals surface area contributed by atoms with Gasteiger partial charge in [-0.25, -0.2) is 13.1 Å². The van der Waals surface area contributed by atoms with Gasteiger partial charge in [0.1, 0.15) is 4.90 Å². The molecule has 0 bridgehead atoms. The first kappa shape index (κ1) is 15.0. The van der Waals surface area contributed by atoms with Crippen LogP contribution in [-0.2, 0) is 23.1 Å². The van der Waals surface area contributed by atoms with Crippen molar-refractivity contribution in [1.82, 2.24) is 14.5 Å². The molecular weight excluding hydrogens is 296 g/mol. The fourth-order valence-corrected chi connectivity index (χ4v) is 3.72. The number of hydrogen-bond acceptors (Lipinski definition) is 5. The highest BCUT2D eigenvalue weighted by Gasteiger charge is 2.21. The third-order valence-electron chi connectivity index (χ3n) is 2.91. The standard InChI is InChI=1S/C12H18N4O2S2/c1-3-4-16-6-11(12(13)15-16)20(17,18)14-5-10-8-19-7-9(10)2/h6-8,14H,3-5H2,1-2H3,(H2,13,15). The molecular formula is C12H18N4O2S2. The molecule has 2 aromatic heterocycles. The molecule has 0 unspecified atom stereocenters. The van der Waals surface area contributed by atoms with Gasteiger partial charge in [0.05, 0.1) is 0 Å². The lowest BCUT2D eigenvalue weighted by Gasteiger charge is -2.05. The van der Waals surface area contributed by atoms with Gasteiger partial charge in [-0.1, -0.05) is 6.92 Å². The summed E-state index contributed by atoms with van der Waals surface area (Å²) in [5.74, 6) is 0.0352. The highest BCUT2D eigenvalue weighted by atomic mass is 32.2. The Morgan fingerprint density at radius 1 is 1.45 bits per heavy atom. The number of nitrogens with two attached hydrogens (primary N) is 1. The lowest BCUT2D eigenvalue weighted by Crippen LogP contribution is -2.23. The van der Waals surface area contributed by atoms with Gasteiger partial charge in [-0.15, -0.1) is 0 Å². The monoisotopic (exact) mass is 314 g/mol. The molecule has 3 N–H and O–H groups in total. The van der Waals surface area contributed by atoms with E-state index in [-0.39, 0.29) is 17.3 Å². The van der Waals surface area contributed by atoms with E-state index in [1.165, 1.54) is 6.20 Å². The third kappa shape index (κ3) is 3.20. The minimum atomic E-state index is -3.63. The molecule has 2 aromatic rings. The maximum atomic E-state index is 12.2. The van der Waals surface area contributed by atoms with Crippen LogP contribution in [0.1, 0.15) is 24.5 Å². The lowest BCUT2D eigenvalue weighted by atomic mass is 10.2. The first-order valence-electron chi connectivity index (χ1n) is 6.28. The fraction of sp³-hybridized carbons (Fsp3) is 0.417. The van der Waals surface area contributed by atoms with Gasteiger partial charge in [-0.3, -0.25) is 4.68 Å². The zero-order chi connectivity index (χ0) is 14.8. The minimum absolute atomic E-state index is 0.0352. The van der Waals surface area contributed by atoms with Gasteiger partial charge < -0.3 is 5.73 Å². The number of sulfonamides is 1. The molecule has 0 amide bonds. The molecule has 0 fully saturated rings. The van der Waals surface area contributed by atoms with Crippen LogP contribution < -0.4 is 10.5 Å². The van der Waals surface area contributed by atoms with Gasteiger partial charge >= 0.3 is 0 Å². The van der Waals surface area contributed by atoms with Gasteiger partial charge in [-0.05, 0) is 35.2 Å². The zero-order valence-electron chi connectivity index (χ0n) is 11.5. The molecule has 0 aliphatic rings. The van der Waals surface area contributed by atoms with Gasteiger partial charge in [0.15, 0.2) is 5.82 Å². The Labute approximate surface area is 122 Å². The number of nitrogens with one attached hydrogen (secondary N) is 1. The molecule has 0 aromatic carbocycles. The van der Waals surface area contributed by atoms with Crippen molar-refractivity contribution in [2.45, 2.75) is 38.3 Å². The zero-order valence-corrected chi connectivity index (χ0v) is 13.1. The molecule has 0 spiro atoms. The average Bonchev–Trinajstić information content (AvgIpc) is 2.94. The van der Waals surface area contributed by atoms with Crippen molar-refractivity contribution in [3.8, 4) is 0 Å². The van der Waals surface area contributed by atoms with Crippen molar-refractivity contribution < 1.29 is 8.42 Å². The Morgan fingerprint density at radius 3 is 2.80 bits per heavy atom. The van der Waals surface area contributed by atoms with E-state index in [2.05, 4.69) is 9.82 Å². The van der Waals surface area contributed by atoms with E-state index in [4.69, 9.17) is 5.73 Å². The predicted molar refractivity (Wildman–Crippen MR) is 80.0 cm³/mol. The molecule has 0 saturated carbocycles. The van der Waals surface area contributed by atoms with E-state index in [0.717, 1.165) is 17.5 Å².